The number of benzene rings is 1. The second kappa shape index (κ2) is 5.65. The molecule has 0 amide bonds. The van der Waals surface area contributed by atoms with Gasteiger partial charge < -0.3 is 9.94 Å². The molecule has 0 unspecified atom stereocenters. The lowest BCUT2D eigenvalue weighted by molar-refractivity contribution is -0.129. The average Bonchev–Trinajstić information content (AvgIpc) is 2.25. The van der Waals surface area contributed by atoms with Crippen molar-refractivity contribution in [3.05, 3.63) is 34.9 Å². The van der Waals surface area contributed by atoms with Gasteiger partial charge in [-0.05, 0) is 18.1 Å². The van der Waals surface area contributed by atoms with Crippen molar-refractivity contribution in [2.24, 2.45) is 5.16 Å². The van der Waals surface area contributed by atoms with Crippen molar-refractivity contribution in [1.29, 1.82) is 0 Å². The third-order valence-corrected chi connectivity index (χ3v) is 2.74. The molecule has 0 radical (unpaired) electrons. The highest BCUT2D eigenvalue weighted by atomic mass is 79.9. The summed E-state index contributed by atoms with van der Waals surface area (Å²) in [6, 6.07) is 5.44. The zero-order valence-corrected chi connectivity index (χ0v) is 10.6. The second-order valence-electron chi connectivity index (χ2n) is 3.16. The lowest BCUT2D eigenvalue weighted by Crippen LogP contribution is -2.17. The van der Waals surface area contributed by atoms with Gasteiger partial charge in [-0.1, -0.05) is 39.3 Å². The molecule has 0 fully saturated rings. The van der Waals surface area contributed by atoms with Crippen LogP contribution in [0.25, 0.3) is 0 Å². The van der Waals surface area contributed by atoms with Crippen LogP contribution >= 0.6 is 15.9 Å². The van der Waals surface area contributed by atoms with E-state index >= 15 is 0 Å². The molecule has 0 saturated heterocycles. The maximum Gasteiger partial charge on any atom is 0.358 e. The molecular weight excluding hydrogens is 274 g/mol. The minimum atomic E-state index is -1.10. The smallest absolute Gasteiger partial charge is 0.358 e. The summed E-state index contributed by atoms with van der Waals surface area (Å²) in [5, 5.41) is 13.2. The van der Waals surface area contributed by atoms with Gasteiger partial charge in [-0.3, -0.25) is 0 Å². The Labute approximate surface area is 102 Å². The molecule has 0 bridgehead atoms. The van der Waals surface area contributed by atoms with Crippen molar-refractivity contribution in [1.82, 2.24) is 0 Å². The summed E-state index contributed by atoms with van der Waals surface area (Å²) in [7, 11) is 1.33. The first-order valence-corrected chi connectivity index (χ1v) is 5.73. The fraction of sp³-hybridized carbons (Fsp3) is 0.273. The van der Waals surface area contributed by atoms with E-state index < -0.39 is 5.97 Å². The van der Waals surface area contributed by atoms with E-state index in [9.17, 15) is 4.79 Å². The Morgan fingerprint density at radius 2 is 2.25 bits per heavy atom. The second-order valence-corrected chi connectivity index (χ2v) is 3.72. The largest absolute Gasteiger partial charge is 0.476 e. The van der Waals surface area contributed by atoms with Crippen molar-refractivity contribution in [3.63, 3.8) is 0 Å². The van der Waals surface area contributed by atoms with Gasteiger partial charge in [0.15, 0.2) is 5.71 Å². The van der Waals surface area contributed by atoms with E-state index in [1.165, 1.54) is 7.11 Å². The first-order valence-electron chi connectivity index (χ1n) is 4.61. The third-order valence-electron chi connectivity index (χ3n) is 2.18. The third kappa shape index (κ3) is 2.61. The van der Waals surface area contributed by atoms with Gasteiger partial charge in [0.1, 0.15) is 7.11 Å². The van der Waals surface area contributed by atoms with Crippen LogP contribution in [0.5, 0.6) is 0 Å². The number of carboxylic acids is 1. The first-order chi connectivity index (χ1) is 7.61. The molecule has 1 aromatic carbocycles. The summed E-state index contributed by atoms with van der Waals surface area (Å²) < 4.78 is 0. The monoisotopic (exact) mass is 285 g/mol. The number of nitrogens with zero attached hydrogens (tertiary/aromatic N) is 1. The predicted molar refractivity (Wildman–Crippen MR) is 65.0 cm³/mol. The number of hydrogen-bond acceptors (Lipinski definition) is 3. The number of hydrogen-bond donors (Lipinski definition) is 1. The van der Waals surface area contributed by atoms with Gasteiger partial charge >= 0.3 is 5.97 Å². The molecule has 0 saturated carbocycles. The molecule has 0 heterocycles. The van der Waals surface area contributed by atoms with Gasteiger partial charge in [0, 0.05) is 10.9 Å². The SMILES string of the molecule is CON=C(C(=O)O)c1cccc(C)c1CBr. The van der Waals surface area contributed by atoms with E-state index in [4.69, 9.17) is 5.11 Å². The van der Waals surface area contributed by atoms with Crippen LogP contribution in [-0.2, 0) is 15.0 Å². The average molecular weight is 286 g/mol. The lowest BCUT2D eigenvalue weighted by atomic mass is 10.00. The zero-order chi connectivity index (χ0) is 12.1. The molecule has 5 heteroatoms. The normalized spacial score (nSPS) is 11.3. The maximum atomic E-state index is 11.0. The summed E-state index contributed by atoms with van der Waals surface area (Å²) in [5.74, 6) is -1.10. The molecular formula is C11H12BrNO3. The molecule has 4 nitrogen and oxygen atoms in total. The van der Waals surface area contributed by atoms with Crippen LogP contribution in [-0.4, -0.2) is 23.9 Å². The van der Waals surface area contributed by atoms with Crippen molar-refractivity contribution in [2.45, 2.75) is 12.3 Å². The van der Waals surface area contributed by atoms with E-state index in [1.54, 1.807) is 12.1 Å². The molecule has 0 aliphatic carbocycles. The van der Waals surface area contributed by atoms with Gasteiger partial charge in [-0.25, -0.2) is 4.79 Å². The van der Waals surface area contributed by atoms with Crippen LogP contribution < -0.4 is 0 Å². The van der Waals surface area contributed by atoms with Gasteiger partial charge in [0.25, 0.3) is 0 Å². The zero-order valence-electron chi connectivity index (χ0n) is 9.03. The number of rotatable bonds is 4. The van der Waals surface area contributed by atoms with Crippen molar-refractivity contribution < 1.29 is 14.7 Å². The highest BCUT2D eigenvalue weighted by Crippen LogP contribution is 2.18. The first kappa shape index (κ1) is 12.7. The molecule has 1 N–H and O–H groups in total. The van der Waals surface area contributed by atoms with Gasteiger partial charge in [0.2, 0.25) is 0 Å². The predicted octanol–water partition coefficient (Wildman–Crippen LogP) is 2.33. The Hall–Kier alpha value is -1.36. The van der Waals surface area contributed by atoms with E-state index in [0.717, 1.165) is 11.1 Å². The molecule has 86 valence electrons. The van der Waals surface area contributed by atoms with Gasteiger partial charge in [-0.15, -0.1) is 0 Å². The Balaban J connectivity index is 3.35. The Bertz CT molecular complexity index is 429. The van der Waals surface area contributed by atoms with E-state index in [1.807, 2.05) is 13.0 Å². The topological polar surface area (TPSA) is 58.9 Å². The molecule has 0 aliphatic rings. The molecule has 0 aromatic heterocycles. The summed E-state index contributed by atoms with van der Waals surface area (Å²) >= 11 is 3.34. The lowest BCUT2D eigenvalue weighted by Gasteiger charge is -2.09. The van der Waals surface area contributed by atoms with Crippen LogP contribution in [0.2, 0.25) is 0 Å². The van der Waals surface area contributed by atoms with E-state index in [0.29, 0.717) is 10.9 Å². The van der Waals surface area contributed by atoms with Crippen LogP contribution in [0.3, 0.4) is 0 Å². The van der Waals surface area contributed by atoms with Crippen LogP contribution in [0.1, 0.15) is 16.7 Å². The van der Waals surface area contributed by atoms with Crippen molar-refractivity contribution in [3.8, 4) is 0 Å². The number of aliphatic carboxylic acids is 1. The number of halogens is 1. The van der Waals surface area contributed by atoms with Crippen LogP contribution in [0.15, 0.2) is 23.4 Å². The summed E-state index contributed by atoms with van der Waals surface area (Å²) in [5.41, 5.74) is 2.41. The van der Waals surface area contributed by atoms with Crippen LogP contribution in [0, 0.1) is 6.92 Å². The molecule has 16 heavy (non-hydrogen) atoms. The standard InChI is InChI=1S/C11H12BrNO3/c1-7-4-3-5-8(9(7)6-12)10(11(14)15)13-16-2/h3-5H,6H2,1-2H3,(H,14,15). The highest BCUT2D eigenvalue weighted by molar-refractivity contribution is 9.08. The molecule has 0 aliphatic heterocycles. The Morgan fingerprint density at radius 1 is 1.56 bits per heavy atom. The Morgan fingerprint density at radius 3 is 2.75 bits per heavy atom. The highest BCUT2D eigenvalue weighted by Gasteiger charge is 2.17. The summed E-state index contributed by atoms with van der Waals surface area (Å²) in [6.45, 7) is 1.92. The maximum absolute atomic E-state index is 11.0. The van der Waals surface area contributed by atoms with Gasteiger partial charge in [-0.2, -0.15) is 0 Å². The fourth-order valence-corrected chi connectivity index (χ4v) is 2.14. The molecule has 1 aromatic rings. The molecule has 0 atom stereocenters. The minimum absolute atomic E-state index is 0.0827. The van der Waals surface area contributed by atoms with E-state index in [-0.39, 0.29) is 5.71 Å². The summed E-state index contributed by atoms with van der Waals surface area (Å²) in [4.78, 5) is 15.6. The number of carboxylic acid groups (broad SMARTS) is 1. The van der Waals surface area contributed by atoms with Gasteiger partial charge in [0.05, 0.1) is 0 Å². The number of alkyl halides is 1. The number of aryl methyl sites for hydroxylation is 1. The molecule has 0 spiro atoms. The summed E-state index contributed by atoms with van der Waals surface area (Å²) in [6.07, 6.45) is 0. The quantitative estimate of drug-likeness (QED) is 0.525. The number of oxime groups is 1. The molecule has 1 rings (SSSR count). The minimum Gasteiger partial charge on any atom is -0.476 e. The van der Waals surface area contributed by atoms with Crippen molar-refractivity contribution in [2.75, 3.05) is 7.11 Å². The van der Waals surface area contributed by atoms with Crippen LogP contribution in [0.4, 0.5) is 0 Å². The van der Waals surface area contributed by atoms with E-state index in [2.05, 4.69) is 25.9 Å². The fourth-order valence-electron chi connectivity index (χ4n) is 1.40. The number of carbonyl (C=O) groups is 1. The Kier molecular flexibility index (Phi) is 4.49. The van der Waals surface area contributed by atoms with Crippen molar-refractivity contribution >= 4 is 27.6 Å².